The lowest BCUT2D eigenvalue weighted by molar-refractivity contribution is 0.691. The molecular formula is C16H14N2. The average Bonchev–Trinajstić information content (AvgIpc) is 3.13. The molecule has 88 valence electrons. The number of aromatic nitrogens is 2. The van der Waals surface area contributed by atoms with Crippen molar-refractivity contribution in [2.75, 3.05) is 0 Å². The van der Waals surface area contributed by atoms with Crippen molar-refractivity contribution in [2.45, 2.75) is 31.1 Å². The van der Waals surface area contributed by atoms with E-state index in [4.69, 9.17) is 0 Å². The number of imidazole rings is 1. The molecule has 0 N–H and O–H groups in total. The largest absolute Gasteiger partial charge is 0.303 e. The van der Waals surface area contributed by atoms with E-state index in [-0.39, 0.29) is 0 Å². The highest BCUT2D eigenvalue weighted by molar-refractivity contribution is 5.97. The Hall–Kier alpha value is -1.83. The first kappa shape index (κ1) is 9.15. The minimum Gasteiger partial charge on any atom is -0.303 e. The number of hydrogen-bond acceptors (Lipinski definition) is 1. The molecule has 0 aliphatic heterocycles. The summed E-state index contributed by atoms with van der Waals surface area (Å²) >= 11 is 0. The summed E-state index contributed by atoms with van der Waals surface area (Å²) in [6.45, 7) is 0. The third-order valence-electron chi connectivity index (χ3n) is 4.86. The second-order valence-electron chi connectivity index (χ2n) is 5.67. The van der Waals surface area contributed by atoms with E-state index in [0.717, 1.165) is 17.5 Å². The van der Waals surface area contributed by atoms with Crippen LogP contribution in [0.4, 0.5) is 0 Å². The predicted octanol–water partition coefficient (Wildman–Crippen LogP) is 3.85. The number of rotatable bonds is 0. The van der Waals surface area contributed by atoms with Crippen LogP contribution in [0.5, 0.6) is 0 Å². The summed E-state index contributed by atoms with van der Waals surface area (Å²) < 4.78 is 2.35. The third-order valence-corrected chi connectivity index (χ3v) is 4.86. The third kappa shape index (κ3) is 0.903. The molecule has 1 fully saturated rings. The van der Waals surface area contributed by atoms with Crippen molar-refractivity contribution in [3.8, 4) is 0 Å². The Morgan fingerprint density at radius 2 is 1.89 bits per heavy atom. The molecule has 2 bridgehead atoms. The van der Waals surface area contributed by atoms with Gasteiger partial charge in [-0.2, -0.15) is 0 Å². The van der Waals surface area contributed by atoms with Crippen molar-refractivity contribution in [1.29, 1.82) is 0 Å². The molecule has 1 aromatic carbocycles. The summed E-state index contributed by atoms with van der Waals surface area (Å²) in [5.74, 6) is 1.56. The monoisotopic (exact) mass is 234 g/mol. The van der Waals surface area contributed by atoms with Gasteiger partial charge in [0.15, 0.2) is 0 Å². The van der Waals surface area contributed by atoms with Crippen molar-refractivity contribution >= 4 is 16.4 Å². The molecule has 2 unspecified atom stereocenters. The highest BCUT2D eigenvalue weighted by Gasteiger charge is 2.40. The zero-order valence-corrected chi connectivity index (χ0v) is 10.1. The van der Waals surface area contributed by atoms with Crippen molar-refractivity contribution in [2.24, 2.45) is 0 Å². The molecule has 0 amide bonds. The molecule has 0 radical (unpaired) electrons. The molecular weight excluding hydrogens is 220 g/mol. The molecule has 18 heavy (non-hydrogen) atoms. The van der Waals surface area contributed by atoms with Gasteiger partial charge in [0.05, 0.1) is 0 Å². The topological polar surface area (TPSA) is 17.3 Å². The first-order valence-electron chi connectivity index (χ1n) is 6.81. The van der Waals surface area contributed by atoms with Gasteiger partial charge in [0.25, 0.3) is 0 Å². The van der Waals surface area contributed by atoms with Gasteiger partial charge in [0.1, 0.15) is 5.65 Å². The fraction of sp³-hybridized carbons (Fsp3) is 0.312. The van der Waals surface area contributed by atoms with Crippen LogP contribution in [0.2, 0.25) is 0 Å². The van der Waals surface area contributed by atoms with Crippen molar-refractivity contribution in [3.05, 3.63) is 47.9 Å². The van der Waals surface area contributed by atoms with Gasteiger partial charge in [0, 0.05) is 29.4 Å². The molecule has 2 nitrogen and oxygen atoms in total. The van der Waals surface area contributed by atoms with Crippen LogP contribution >= 0.6 is 0 Å². The zero-order chi connectivity index (χ0) is 11.7. The summed E-state index contributed by atoms with van der Waals surface area (Å²) in [5, 5.41) is 2.76. The van der Waals surface area contributed by atoms with Crippen molar-refractivity contribution in [1.82, 2.24) is 9.38 Å². The van der Waals surface area contributed by atoms with E-state index in [9.17, 15) is 0 Å². The predicted molar refractivity (Wildman–Crippen MR) is 72.0 cm³/mol. The number of benzene rings is 1. The lowest BCUT2D eigenvalue weighted by atomic mass is 9.91. The Balaban J connectivity index is 2.10. The number of fused-ring (bicyclic) bond motifs is 10. The maximum Gasteiger partial charge on any atom is 0.144 e. The smallest absolute Gasteiger partial charge is 0.144 e. The highest BCUT2D eigenvalue weighted by Crippen LogP contribution is 2.55. The summed E-state index contributed by atoms with van der Waals surface area (Å²) in [5.41, 5.74) is 4.31. The second kappa shape index (κ2) is 2.94. The minimum atomic E-state index is 0.770. The Labute approximate surface area is 105 Å². The lowest BCUT2D eigenvalue weighted by Gasteiger charge is -2.19. The van der Waals surface area contributed by atoms with Crippen LogP contribution in [0, 0.1) is 0 Å². The number of nitrogens with zero attached hydrogens (tertiary/aromatic N) is 2. The number of pyridine rings is 1. The quantitative estimate of drug-likeness (QED) is 0.577. The molecule has 2 heterocycles. The fourth-order valence-corrected chi connectivity index (χ4v) is 4.22. The SMILES string of the molecule is c1ccc2c(c1)c1c(n3ccnc23)C2CCC1C2. The van der Waals surface area contributed by atoms with Gasteiger partial charge in [-0.1, -0.05) is 24.3 Å². The van der Waals surface area contributed by atoms with Crippen LogP contribution in [-0.4, -0.2) is 9.38 Å². The van der Waals surface area contributed by atoms with Crippen LogP contribution in [0.3, 0.4) is 0 Å². The minimum absolute atomic E-state index is 0.770. The van der Waals surface area contributed by atoms with Crippen molar-refractivity contribution in [3.63, 3.8) is 0 Å². The first-order chi connectivity index (χ1) is 8.93. The molecule has 2 heteroatoms. The summed E-state index contributed by atoms with van der Waals surface area (Å²) in [6, 6.07) is 8.78. The van der Waals surface area contributed by atoms with Gasteiger partial charge in [-0.3, -0.25) is 0 Å². The molecule has 1 saturated carbocycles. The second-order valence-corrected chi connectivity index (χ2v) is 5.67. The zero-order valence-electron chi connectivity index (χ0n) is 10.1. The van der Waals surface area contributed by atoms with Gasteiger partial charge >= 0.3 is 0 Å². The van der Waals surface area contributed by atoms with Gasteiger partial charge in [0.2, 0.25) is 0 Å². The normalized spacial score (nSPS) is 25.1. The van der Waals surface area contributed by atoms with E-state index >= 15 is 0 Å². The van der Waals surface area contributed by atoms with E-state index in [1.165, 1.54) is 30.0 Å². The maximum atomic E-state index is 4.57. The highest BCUT2D eigenvalue weighted by atomic mass is 15.0. The van der Waals surface area contributed by atoms with Crippen LogP contribution < -0.4 is 0 Å². The lowest BCUT2D eigenvalue weighted by Crippen LogP contribution is -2.06. The van der Waals surface area contributed by atoms with Crippen LogP contribution in [0.1, 0.15) is 42.4 Å². The Morgan fingerprint density at radius 1 is 1.06 bits per heavy atom. The van der Waals surface area contributed by atoms with E-state index in [2.05, 4.69) is 39.8 Å². The van der Waals surface area contributed by atoms with Gasteiger partial charge in [-0.05, 0) is 36.1 Å². The van der Waals surface area contributed by atoms with E-state index in [1.54, 1.807) is 11.3 Å². The van der Waals surface area contributed by atoms with E-state index in [1.807, 2.05) is 6.20 Å². The molecule has 5 rings (SSSR count). The van der Waals surface area contributed by atoms with Gasteiger partial charge < -0.3 is 4.40 Å². The Kier molecular flexibility index (Phi) is 1.50. The summed E-state index contributed by atoms with van der Waals surface area (Å²) in [7, 11) is 0. The Morgan fingerprint density at radius 3 is 2.83 bits per heavy atom. The first-order valence-corrected chi connectivity index (χ1v) is 6.81. The molecule has 3 aromatic rings. The summed E-state index contributed by atoms with van der Waals surface area (Å²) in [4.78, 5) is 4.57. The van der Waals surface area contributed by atoms with E-state index < -0.39 is 0 Å². The van der Waals surface area contributed by atoms with Gasteiger partial charge in [-0.25, -0.2) is 4.98 Å². The molecule has 0 spiro atoms. The molecule has 2 aliphatic rings. The van der Waals surface area contributed by atoms with Gasteiger partial charge in [-0.15, -0.1) is 0 Å². The molecule has 2 aliphatic carbocycles. The molecule has 0 saturated heterocycles. The van der Waals surface area contributed by atoms with E-state index in [0.29, 0.717) is 0 Å². The Bertz CT molecular complexity index is 784. The summed E-state index contributed by atoms with van der Waals surface area (Å²) in [6.07, 6.45) is 8.18. The maximum absolute atomic E-state index is 4.57. The number of hydrogen-bond donors (Lipinski definition) is 0. The van der Waals surface area contributed by atoms with Crippen molar-refractivity contribution < 1.29 is 0 Å². The average molecular weight is 234 g/mol. The fourth-order valence-electron chi connectivity index (χ4n) is 4.22. The standard InChI is InChI=1S/C16H14N2/c1-2-4-13-12(3-1)14-10-5-6-11(9-10)15(14)18-8-7-17-16(13)18/h1-4,7-8,10-11H,5-6,9H2. The molecule has 2 atom stereocenters. The van der Waals surface area contributed by atoms with Crippen LogP contribution in [0.15, 0.2) is 36.7 Å². The van der Waals surface area contributed by atoms with Crippen LogP contribution in [-0.2, 0) is 0 Å². The molecule has 2 aromatic heterocycles. The van der Waals surface area contributed by atoms with Crippen LogP contribution in [0.25, 0.3) is 16.4 Å².